The second kappa shape index (κ2) is 5.56. The number of fused-ring (bicyclic) bond motifs is 1. The van der Waals surface area contributed by atoms with Crippen LogP contribution >= 0.6 is 11.6 Å². The SMILES string of the molecule is CCOC(=O)[C@@]12C(=O)OC(C)(C)[C@H]1[C@@]2(CC)C(=O)c1ccc(Cl)cc1. The molecule has 1 aromatic rings. The third-order valence-electron chi connectivity index (χ3n) is 5.59. The van der Waals surface area contributed by atoms with E-state index in [-0.39, 0.29) is 12.4 Å². The Morgan fingerprint density at radius 1 is 1.20 bits per heavy atom. The Hall–Kier alpha value is -1.88. The lowest BCUT2D eigenvalue weighted by Gasteiger charge is -2.28. The highest BCUT2D eigenvalue weighted by molar-refractivity contribution is 6.30. The number of esters is 2. The second-order valence-corrected chi connectivity index (χ2v) is 7.55. The van der Waals surface area contributed by atoms with Crippen LogP contribution in [0.1, 0.15) is 44.5 Å². The largest absolute Gasteiger partial charge is 0.465 e. The lowest BCUT2D eigenvalue weighted by molar-refractivity contribution is -0.166. The van der Waals surface area contributed by atoms with Gasteiger partial charge < -0.3 is 9.47 Å². The number of hydrogen-bond donors (Lipinski definition) is 0. The molecule has 0 amide bonds. The normalized spacial score (nSPS) is 31.9. The first-order valence-corrected chi connectivity index (χ1v) is 8.79. The van der Waals surface area contributed by atoms with Crippen molar-refractivity contribution >= 4 is 29.3 Å². The summed E-state index contributed by atoms with van der Waals surface area (Å²) in [7, 11) is 0. The number of Topliss-reactive ketones (excluding diaryl/α,β-unsaturated/α-hetero) is 1. The van der Waals surface area contributed by atoms with Gasteiger partial charge in [0.15, 0.2) is 11.2 Å². The molecule has 3 rings (SSSR count). The van der Waals surface area contributed by atoms with Crippen molar-refractivity contribution in [1.82, 2.24) is 0 Å². The van der Waals surface area contributed by atoms with E-state index in [0.717, 1.165) is 0 Å². The highest BCUT2D eigenvalue weighted by atomic mass is 35.5. The van der Waals surface area contributed by atoms with E-state index < -0.39 is 34.3 Å². The molecule has 0 unspecified atom stereocenters. The molecule has 0 N–H and O–H groups in total. The van der Waals surface area contributed by atoms with Gasteiger partial charge in [-0.3, -0.25) is 14.4 Å². The quantitative estimate of drug-likeness (QED) is 0.455. The Kier molecular flexibility index (Phi) is 3.99. The molecule has 0 bridgehead atoms. The monoisotopic (exact) mass is 364 g/mol. The topological polar surface area (TPSA) is 69.7 Å². The molecular formula is C19H21ClO5. The number of carbonyl (C=O) groups excluding carboxylic acids is 3. The summed E-state index contributed by atoms with van der Waals surface area (Å²) in [6, 6.07) is 6.48. The van der Waals surface area contributed by atoms with Crippen LogP contribution in [0, 0.1) is 16.7 Å². The van der Waals surface area contributed by atoms with E-state index in [1.807, 2.05) is 6.92 Å². The van der Waals surface area contributed by atoms with Crippen LogP contribution in [-0.2, 0) is 19.1 Å². The molecule has 1 aromatic carbocycles. The summed E-state index contributed by atoms with van der Waals surface area (Å²) in [5.41, 5.74) is -3.20. The van der Waals surface area contributed by atoms with Gasteiger partial charge in [0.25, 0.3) is 0 Å². The van der Waals surface area contributed by atoms with Crippen LogP contribution in [0.5, 0.6) is 0 Å². The highest BCUT2D eigenvalue weighted by Crippen LogP contribution is 2.80. The molecule has 0 radical (unpaired) electrons. The molecule has 3 atom stereocenters. The summed E-state index contributed by atoms with van der Waals surface area (Å²) in [5, 5.41) is 0.512. The molecule has 0 aromatic heterocycles. The maximum absolute atomic E-state index is 13.4. The van der Waals surface area contributed by atoms with Gasteiger partial charge in [-0.25, -0.2) is 0 Å². The minimum atomic E-state index is -1.56. The Morgan fingerprint density at radius 3 is 2.32 bits per heavy atom. The molecule has 134 valence electrons. The Bertz CT molecular complexity index is 754. The van der Waals surface area contributed by atoms with Crippen molar-refractivity contribution < 1.29 is 23.9 Å². The third-order valence-corrected chi connectivity index (χ3v) is 5.84. The van der Waals surface area contributed by atoms with E-state index in [1.54, 1.807) is 45.0 Å². The molecule has 2 fully saturated rings. The summed E-state index contributed by atoms with van der Waals surface area (Å²) in [6.07, 6.45) is 0.344. The van der Waals surface area contributed by atoms with Crippen LogP contribution in [0.4, 0.5) is 0 Å². The molecule has 1 saturated heterocycles. The fourth-order valence-electron chi connectivity index (χ4n) is 4.77. The molecular weight excluding hydrogens is 344 g/mol. The first kappa shape index (κ1) is 17.9. The Balaban J connectivity index is 2.14. The van der Waals surface area contributed by atoms with Crippen molar-refractivity contribution in [2.75, 3.05) is 6.61 Å². The summed E-state index contributed by atoms with van der Waals surface area (Å²) in [5.74, 6) is -2.12. The molecule has 0 spiro atoms. The van der Waals surface area contributed by atoms with E-state index in [2.05, 4.69) is 0 Å². The lowest BCUT2D eigenvalue weighted by atomic mass is 9.81. The van der Waals surface area contributed by atoms with Crippen LogP contribution in [-0.4, -0.2) is 29.9 Å². The van der Waals surface area contributed by atoms with Crippen molar-refractivity contribution in [3.63, 3.8) is 0 Å². The Morgan fingerprint density at radius 2 is 1.80 bits per heavy atom. The third kappa shape index (κ3) is 2.05. The number of rotatable bonds is 5. The summed E-state index contributed by atoms with van der Waals surface area (Å²) in [6.45, 7) is 7.10. The van der Waals surface area contributed by atoms with Crippen molar-refractivity contribution in [2.45, 2.75) is 39.7 Å². The van der Waals surface area contributed by atoms with Gasteiger partial charge in [-0.2, -0.15) is 0 Å². The van der Waals surface area contributed by atoms with Gasteiger partial charge >= 0.3 is 11.9 Å². The van der Waals surface area contributed by atoms with Crippen molar-refractivity contribution in [1.29, 1.82) is 0 Å². The van der Waals surface area contributed by atoms with Gasteiger partial charge in [-0.05, 0) is 51.5 Å². The molecule has 5 nitrogen and oxygen atoms in total. The number of hydrogen-bond acceptors (Lipinski definition) is 5. The summed E-state index contributed by atoms with van der Waals surface area (Å²) in [4.78, 5) is 38.9. The van der Waals surface area contributed by atoms with Crippen molar-refractivity contribution in [3.8, 4) is 0 Å². The summed E-state index contributed by atoms with van der Waals surface area (Å²) < 4.78 is 10.6. The standard InChI is InChI=1S/C19H21ClO5/c1-5-18(13(21)11-7-9-12(20)10-8-11)14-17(3,4)25-16(23)19(14,18)15(22)24-6-2/h7-10,14H,5-6H2,1-4H3/t14-,18+,19+/m0/s1. The number of cyclic esters (lactones) is 1. The zero-order chi connectivity index (χ0) is 18.6. The summed E-state index contributed by atoms with van der Waals surface area (Å²) >= 11 is 5.90. The molecule has 1 aliphatic carbocycles. The van der Waals surface area contributed by atoms with E-state index in [0.29, 0.717) is 17.0 Å². The zero-order valence-electron chi connectivity index (χ0n) is 14.7. The van der Waals surface area contributed by atoms with Gasteiger partial charge in [0.1, 0.15) is 5.60 Å². The zero-order valence-corrected chi connectivity index (χ0v) is 15.5. The van der Waals surface area contributed by atoms with Gasteiger partial charge in [0.05, 0.1) is 12.0 Å². The van der Waals surface area contributed by atoms with Crippen LogP contribution < -0.4 is 0 Å². The molecule has 1 aliphatic heterocycles. The van der Waals surface area contributed by atoms with Crippen LogP contribution in [0.3, 0.4) is 0 Å². The lowest BCUT2D eigenvalue weighted by Crippen LogP contribution is -2.40. The molecule has 1 saturated carbocycles. The van der Waals surface area contributed by atoms with Crippen molar-refractivity contribution in [3.05, 3.63) is 34.9 Å². The average molecular weight is 365 g/mol. The molecule has 25 heavy (non-hydrogen) atoms. The van der Waals surface area contributed by atoms with Gasteiger partial charge in [-0.15, -0.1) is 0 Å². The number of benzene rings is 1. The van der Waals surface area contributed by atoms with Crippen LogP contribution in [0.15, 0.2) is 24.3 Å². The number of ether oxygens (including phenoxy) is 2. The minimum absolute atomic E-state index is 0.135. The van der Waals surface area contributed by atoms with Gasteiger partial charge in [0.2, 0.25) is 0 Å². The molecule has 2 aliphatic rings. The number of ketones is 1. The van der Waals surface area contributed by atoms with Crippen molar-refractivity contribution in [2.24, 2.45) is 16.7 Å². The van der Waals surface area contributed by atoms with Crippen LogP contribution in [0.25, 0.3) is 0 Å². The highest BCUT2D eigenvalue weighted by Gasteiger charge is 2.95. The fraction of sp³-hybridized carbons (Fsp3) is 0.526. The predicted molar refractivity (Wildman–Crippen MR) is 91.2 cm³/mol. The van der Waals surface area contributed by atoms with Crippen LogP contribution in [0.2, 0.25) is 5.02 Å². The van der Waals surface area contributed by atoms with E-state index >= 15 is 0 Å². The van der Waals surface area contributed by atoms with E-state index in [1.165, 1.54) is 0 Å². The smallest absolute Gasteiger partial charge is 0.325 e. The fourth-order valence-corrected chi connectivity index (χ4v) is 4.89. The molecule has 6 heteroatoms. The average Bonchev–Trinajstić information content (AvgIpc) is 3.15. The van der Waals surface area contributed by atoms with Gasteiger partial charge in [-0.1, -0.05) is 18.5 Å². The molecule has 1 heterocycles. The number of halogens is 1. The first-order valence-electron chi connectivity index (χ1n) is 8.41. The van der Waals surface area contributed by atoms with E-state index in [9.17, 15) is 14.4 Å². The van der Waals surface area contributed by atoms with Gasteiger partial charge in [0, 0.05) is 16.5 Å². The predicted octanol–water partition coefficient (Wildman–Crippen LogP) is 3.43. The minimum Gasteiger partial charge on any atom is -0.465 e. The second-order valence-electron chi connectivity index (χ2n) is 7.12. The number of carbonyl (C=O) groups is 3. The Labute approximate surface area is 151 Å². The van der Waals surface area contributed by atoms with E-state index in [4.69, 9.17) is 21.1 Å². The first-order chi connectivity index (χ1) is 11.7. The maximum Gasteiger partial charge on any atom is 0.325 e. The maximum atomic E-state index is 13.4.